The summed E-state index contributed by atoms with van der Waals surface area (Å²) in [5, 5.41) is 26.2. The summed E-state index contributed by atoms with van der Waals surface area (Å²) in [4.78, 5) is 33.3. The highest BCUT2D eigenvalue weighted by Gasteiger charge is 2.15. The number of nitro benzene ring substituents is 2. The molecule has 0 fully saturated rings. The predicted octanol–water partition coefficient (Wildman–Crippen LogP) is 4.99. The number of nitrogens with one attached hydrogen (secondary N) is 1. The summed E-state index contributed by atoms with van der Waals surface area (Å²) in [7, 11) is 0. The number of hydrogen-bond acceptors (Lipinski definition) is 9. The third kappa shape index (κ3) is 6.06. The average molecular weight is 504 g/mol. The number of carbonyl (C=O) groups excluding carboxylic acids is 1. The van der Waals surface area contributed by atoms with Gasteiger partial charge in [0, 0.05) is 29.7 Å². The molecule has 1 N–H and O–H groups in total. The van der Waals surface area contributed by atoms with Gasteiger partial charge in [-0.25, -0.2) is 5.43 Å². The number of hydrogen-bond donors (Lipinski definition) is 1. The van der Waals surface area contributed by atoms with Crippen molar-refractivity contribution in [2.45, 2.75) is 13.5 Å². The quantitative estimate of drug-likeness (QED) is 0.180. The molecule has 0 saturated heterocycles. The first-order valence-corrected chi connectivity index (χ1v) is 11.0. The van der Waals surface area contributed by atoms with Crippen molar-refractivity contribution in [3.05, 3.63) is 104 Å². The van der Waals surface area contributed by atoms with Crippen molar-refractivity contribution in [2.75, 3.05) is 6.61 Å². The molecule has 0 atom stereocenters. The third-order valence-electron chi connectivity index (χ3n) is 5.10. The van der Waals surface area contributed by atoms with Gasteiger partial charge < -0.3 is 13.9 Å². The molecule has 0 aliphatic carbocycles. The van der Waals surface area contributed by atoms with E-state index in [2.05, 4.69) is 10.5 Å². The maximum absolute atomic E-state index is 12.4. The molecule has 0 radical (unpaired) electrons. The Hall–Kier alpha value is -5.26. The number of rotatable bonds is 10. The first kappa shape index (κ1) is 24.9. The maximum atomic E-state index is 12.4. The van der Waals surface area contributed by atoms with Crippen molar-refractivity contribution < 1.29 is 28.5 Å². The Labute approximate surface area is 209 Å². The van der Waals surface area contributed by atoms with Gasteiger partial charge >= 0.3 is 5.91 Å². The molecule has 12 heteroatoms. The monoisotopic (exact) mass is 504 g/mol. The van der Waals surface area contributed by atoms with Gasteiger partial charge in [0.25, 0.3) is 11.4 Å². The van der Waals surface area contributed by atoms with Crippen LogP contribution in [0.3, 0.4) is 0 Å². The Bertz CT molecular complexity index is 1510. The SMILES string of the molecule is CCOc1cc(/C=N/NC(=O)c2cc3cc([N+](=O)[O-])ccc3o2)ccc1OCc1cccc([N+](=O)[O-])c1. The van der Waals surface area contributed by atoms with E-state index < -0.39 is 15.8 Å². The lowest BCUT2D eigenvalue weighted by molar-refractivity contribution is -0.385. The van der Waals surface area contributed by atoms with Crippen LogP contribution in [0.25, 0.3) is 11.0 Å². The number of amides is 1. The van der Waals surface area contributed by atoms with E-state index in [0.29, 0.717) is 40.2 Å². The number of ether oxygens (including phenoxy) is 2. The first-order valence-electron chi connectivity index (χ1n) is 11.0. The molecule has 0 aliphatic heterocycles. The van der Waals surface area contributed by atoms with Gasteiger partial charge in [-0.2, -0.15) is 5.10 Å². The van der Waals surface area contributed by atoms with Gasteiger partial charge in [-0.3, -0.25) is 25.0 Å². The van der Waals surface area contributed by atoms with Gasteiger partial charge in [0.05, 0.1) is 22.7 Å². The number of furan rings is 1. The Morgan fingerprint density at radius 1 is 0.973 bits per heavy atom. The fourth-order valence-corrected chi connectivity index (χ4v) is 3.39. The second kappa shape index (κ2) is 11.0. The van der Waals surface area contributed by atoms with Crippen molar-refractivity contribution in [1.82, 2.24) is 5.43 Å². The van der Waals surface area contributed by atoms with Crippen LogP contribution in [0.5, 0.6) is 11.5 Å². The number of carbonyl (C=O) groups is 1. The number of hydrazone groups is 1. The van der Waals surface area contributed by atoms with E-state index in [9.17, 15) is 25.0 Å². The molecular formula is C25H20N4O8. The normalized spacial score (nSPS) is 10.9. The van der Waals surface area contributed by atoms with Crippen LogP contribution >= 0.6 is 0 Å². The van der Waals surface area contributed by atoms with Crippen molar-refractivity contribution in [3.8, 4) is 11.5 Å². The molecule has 3 aromatic carbocycles. The number of non-ortho nitro benzene ring substituents is 2. The van der Waals surface area contributed by atoms with E-state index in [-0.39, 0.29) is 23.7 Å². The molecular weight excluding hydrogens is 484 g/mol. The van der Waals surface area contributed by atoms with Crippen LogP contribution in [0.2, 0.25) is 0 Å². The summed E-state index contributed by atoms with van der Waals surface area (Å²) in [5.41, 5.74) is 3.78. The smallest absolute Gasteiger partial charge is 0.307 e. The van der Waals surface area contributed by atoms with Gasteiger partial charge in [-0.1, -0.05) is 12.1 Å². The second-order valence-corrected chi connectivity index (χ2v) is 7.64. The largest absolute Gasteiger partial charge is 0.490 e. The minimum absolute atomic E-state index is 0.0244. The topological polar surface area (TPSA) is 159 Å². The minimum atomic E-state index is -0.628. The summed E-state index contributed by atoms with van der Waals surface area (Å²) in [5.74, 6) is 0.192. The zero-order valence-electron chi connectivity index (χ0n) is 19.5. The lowest BCUT2D eigenvalue weighted by atomic mass is 10.2. The molecule has 0 bridgehead atoms. The van der Waals surface area contributed by atoms with E-state index in [4.69, 9.17) is 13.9 Å². The molecule has 1 heterocycles. The van der Waals surface area contributed by atoms with Gasteiger partial charge in [0.1, 0.15) is 12.2 Å². The van der Waals surface area contributed by atoms with Crippen LogP contribution in [-0.2, 0) is 6.61 Å². The molecule has 0 unspecified atom stereocenters. The molecule has 4 rings (SSSR count). The lowest BCUT2D eigenvalue weighted by Gasteiger charge is -2.12. The van der Waals surface area contributed by atoms with Crippen LogP contribution < -0.4 is 14.9 Å². The zero-order chi connectivity index (χ0) is 26.4. The summed E-state index contributed by atoms with van der Waals surface area (Å²) in [6, 6.07) is 16.6. The van der Waals surface area contributed by atoms with Gasteiger partial charge in [-0.05, 0) is 48.4 Å². The maximum Gasteiger partial charge on any atom is 0.307 e. The highest BCUT2D eigenvalue weighted by molar-refractivity contribution is 5.97. The second-order valence-electron chi connectivity index (χ2n) is 7.64. The molecule has 0 aliphatic rings. The van der Waals surface area contributed by atoms with Gasteiger partial charge in [0.2, 0.25) is 0 Å². The van der Waals surface area contributed by atoms with E-state index in [1.54, 1.807) is 30.3 Å². The summed E-state index contributed by atoms with van der Waals surface area (Å²) >= 11 is 0. The molecule has 188 valence electrons. The summed E-state index contributed by atoms with van der Waals surface area (Å²) in [6.07, 6.45) is 1.40. The van der Waals surface area contributed by atoms with Crippen molar-refractivity contribution in [2.24, 2.45) is 5.10 Å². The molecule has 37 heavy (non-hydrogen) atoms. The Morgan fingerprint density at radius 2 is 1.76 bits per heavy atom. The predicted molar refractivity (Wildman–Crippen MR) is 133 cm³/mol. The zero-order valence-corrected chi connectivity index (χ0v) is 19.5. The van der Waals surface area contributed by atoms with Crippen molar-refractivity contribution in [3.63, 3.8) is 0 Å². The Morgan fingerprint density at radius 3 is 2.51 bits per heavy atom. The molecule has 1 amide bonds. The molecule has 0 spiro atoms. The highest BCUT2D eigenvalue weighted by Crippen LogP contribution is 2.29. The summed E-state index contributed by atoms with van der Waals surface area (Å²) < 4.78 is 16.9. The summed E-state index contributed by atoms with van der Waals surface area (Å²) in [6.45, 7) is 2.29. The molecule has 4 aromatic rings. The van der Waals surface area contributed by atoms with Crippen molar-refractivity contribution >= 4 is 34.5 Å². The van der Waals surface area contributed by atoms with Gasteiger partial charge in [-0.15, -0.1) is 0 Å². The van der Waals surface area contributed by atoms with Crippen molar-refractivity contribution in [1.29, 1.82) is 0 Å². The van der Waals surface area contributed by atoms with E-state index in [1.165, 1.54) is 42.6 Å². The Kier molecular flexibility index (Phi) is 7.38. The number of benzene rings is 3. The van der Waals surface area contributed by atoms with E-state index in [0.717, 1.165) is 0 Å². The average Bonchev–Trinajstić information content (AvgIpc) is 3.32. The minimum Gasteiger partial charge on any atom is -0.490 e. The lowest BCUT2D eigenvalue weighted by Crippen LogP contribution is -2.16. The third-order valence-corrected chi connectivity index (χ3v) is 5.10. The van der Waals surface area contributed by atoms with E-state index in [1.807, 2.05) is 6.92 Å². The molecule has 1 aromatic heterocycles. The van der Waals surface area contributed by atoms with Crippen LogP contribution in [0.1, 0.15) is 28.6 Å². The van der Waals surface area contributed by atoms with Crippen LogP contribution in [0.4, 0.5) is 11.4 Å². The van der Waals surface area contributed by atoms with Crippen LogP contribution in [-0.4, -0.2) is 28.6 Å². The van der Waals surface area contributed by atoms with Crippen LogP contribution in [0.15, 0.2) is 76.2 Å². The fourth-order valence-electron chi connectivity index (χ4n) is 3.39. The standard InChI is InChI=1S/C25H20N4O8/c1-2-35-23-11-16(6-8-22(23)36-15-17-4-3-5-19(10-17)28(31)32)14-26-27-25(30)24-13-18-12-20(29(33)34)7-9-21(18)37-24/h3-14H,2,15H2,1H3,(H,27,30)/b26-14+. The number of nitrogens with zero attached hydrogens (tertiary/aromatic N) is 3. The highest BCUT2D eigenvalue weighted by atomic mass is 16.6. The number of nitro groups is 2. The van der Waals surface area contributed by atoms with E-state index >= 15 is 0 Å². The Balaban J connectivity index is 1.42. The first-order chi connectivity index (χ1) is 17.8. The van der Waals surface area contributed by atoms with Crippen LogP contribution in [0, 0.1) is 20.2 Å². The van der Waals surface area contributed by atoms with Gasteiger partial charge in [0.15, 0.2) is 17.3 Å². The fraction of sp³-hybridized carbons (Fsp3) is 0.120. The molecule has 0 saturated carbocycles. The molecule has 12 nitrogen and oxygen atoms in total. The number of fused-ring (bicyclic) bond motifs is 1.